The summed E-state index contributed by atoms with van der Waals surface area (Å²) in [6.07, 6.45) is 5.23. The van der Waals surface area contributed by atoms with Crippen LogP contribution in [0.3, 0.4) is 0 Å². The Balaban J connectivity index is 2.30. The van der Waals surface area contributed by atoms with Crippen LogP contribution in [0.4, 0.5) is 0 Å². The first-order chi connectivity index (χ1) is 7.59. The monoisotopic (exact) mass is 221 g/mol. The highest BCUT2D eigenvalue weighted by atomic mass is 16.4. The van der Waals surface area contributed by atoms with Crippen molar-refractivity contribution in [2.45, 2.75) is 52.0 Å². The lowest BCUT2D eigenvalue weighted by Gasteiger charge is -2.17. The van der Waals surface area contributed by atoms with Crippen molar-refractivity contribution in [1.82, 2.24) is 4.57 Å². The fourth-order valence-electron chi connectivity index (χ4n) is 2.91. The predicted octanol–water partition coefficient (Wildman–Crippen LogP) is 2.85. The van der Waals surface area contributed by atoms with E-state index in [0.717, 1.165) is 11.3 Å². The summed E-state index contributed by atoms with van der Waals surface area (Å²) >= 11 is 0. The van der Waals surface area contributed by atoms with E-state index in [1.165, 1.54) is 31.4 Å². The lowest BCUT2D eigenvalue weighted by molar-refractivity contribution is -0.136. The van der Waals surface area contributed by atoms with Crippen molar-refractivity contribution in [3.8, 4) is 0 Å². The Labute approximate surface area is 96.1 Å². The molecule has 1 fully saturated rings. The lowest BCUT2D eigenvalue weighted by atomic mass is 10.2. The van der Waals surface area contributed by atoms with Gasteiger partial charge in [0.15, 0.2) is 0 Å². The minimum Gasteiger partial charge on any atom is -0.481 e. The standard InChI is InChI=1S/C13H19NO2/c1-9-7-11(8-13(15)16)10(2)14(9)12-5-3-4-6-12/h7,12H,3-6,8H2,1-2H3,(H,15,16). The number of aromatic nitrogens is 1. The number of aliphatic carboxylic acids is 1. The number of rotatable bonds is 3. The Bertz CT molecular complexity index is 400. The van der Waals surface area contributed by atoms with E-state index in [2.05, 4.69) is 11.5 Å². The van der Waals surface area contributed by atoms with Crippen molar-refractivity contribution in [1.29, 1.82) is 0 Å². The van der Waals surface area contributed by atoms with E-state index in [0.29, 0.717) is 6.04 Å². The molecule has 16 heavy (non-hydrogen) atoms. The largest absolute Gasteiger partial charge is 0.481 e. The molecule has 0 spiro atoms. The molecule has 0 radical (unpaired) electrons. The van der Waals surface area contributed by atoms with Crippen molar-refractivity contribution in [2.75, 3.05) is 0 Å². The topological polar surface area (TPSA) is 42.2 Å². The maximum absolute atomic E-state index is 10.8. The highest BCUT2D eigenvalue weighted by Gasteiger charge is 2.21. The quantitative estimate of drug-likeness (QED) is 0.852. The van der Waals surface area contributed by atoms with Crippen LogP contribution in [0.25, 0.3) is 0 Å². The molecule has 3 nitrogen and oxygen atoms in total. The predicted molar refractivity (Wildman–Crippen MR) is 62.8 cm³/mol. The number of hydrogen-bond acceptors (Lipinski definition) is 1. The molecule has 1 N–H and O–H groups in total. The van der Waals surface area contributed by atoms with Gasteiger partial charge in [0, 0.05) is 17.4 Å². The first kappa shape index (κ1) is 11.2. The number of carboxylic acid groups (broad SMARTS) is 1. The van der Waals surface area contributed by atoms with Gasteiger partial charge in [0.25, 0.3) is 0 Å². The summed E-state index contributed by atoms with van der Waals surface area (Å²) in [5, 5.41) is 8.85. The molecule has 2 rings (SSSR count). The van der Waals surface area contributed by atoms with E-state index in [1.807, 2.05) is 13.0 Å². The van der Waals surface area contributed by atoms with Gasteiger partial charge in [-0.25, -0.2) is 0 Å². The fraction of sp³-hybridized carbons (Fsp3) is 0.615. The SMILES string of the molecule is Cc1cc(CC(=O)O)c(C)n1C1CCCC1. The number of nitrogens with zero attached hydrogens (tertiary/aromatic N) is 1. The molecule has 1 aromatic heterocycles. The Morgan fingerprint density at radius 3 is 2.62 bits per heavy atom. The van der Waals surface area contributed by atoms with Crippen LogP contribution in [-0.4, -0.2) is 15.6 Å². The van der Waals surface area contributed by atoms with E-state index >= 15 is 0 Å². The zero-order valence-electron chi connectivity index (χ0n) is 9.99. The maximum Gasteiger partial charge on any atom is 0.307 e. The van der Waals surface area contributed by atoms with E-state index < -0.39 is 5.97 Å². The zero-order chi connectivity index (χ0) is 11.7. The van der Waals surface area contributed by atoms with Gasteiger partial charge in [-0.05, 0) is 38.3 Å². The molecule has 88 valence electrons. The second-order valence-corrected chi connectivity index (χ2v) is 4.78. The molecular formula is C13H19NO2. The molecule has 0 bridgehead atoms. The molecule has 0 saturated heterocycles. The van der Waals surface area contributed by atoms with Gasteiger partial charge < -0.3 is 9.67 Å². The van der Waals surface area contributed by atoms with Crippen molar-refractivity contribution in [3.05, 3.63) is 23.0 Å². The van der Waals surface area contributed by atoms with Crippen LogP contribution in [0.5, 0.6) is 0 Å². The van der Waals surface area contributed by atoms with E-state index in [4.69, 9.17) is 5.11 Å². The first-order valence-corrected chi connectivity index (χ1v) is 5.98. The van der Waals surface area contributed by atoms with Gasteiger partial charge in [0.1, 0.15) is 0 Å². The molecule has 1 aromatic rings. The summed E-state index contributed by atoms with van der Waals surface area (Å²) in [6.45, 7) is 4.13. The summed E-state index contributed by atoms with van der Waals surface area (Å²) in [7, 11) is 0. The van der Waals surface area contributed by atoms with Crippen LogP contribution in [0.2, 0.25) is 0 Å². The Kier molecular flexibility index (Phi) is 3.03. The van der Waals surface area contributed by atoms with Crippen molar-refractivity contribution in [3.63, 3.8) is 0 Å². The van der Waals surface area contributed by atoms with Gasteiger partial charge in [-0.15, -0.1) is 0 Å². The number of aryl methyl sites for hydroxylation is 1. The third-order valence-corrected chi connectivity index (χ3v) is 3.62. The molecule has 0 amide bonds. The molecule has 0 unspecified atom stereocenters. The van der Waals surface area contributed by atoms with E-state index in [9.17, 15) is 4.79 Å². The highest BCUT2D eigenvalue weighted by Crippen LogP contribution is 2.33. The minimum absolute atomic E-state index is 0.145. The molecule has 0 aromatic carbocycles. The van der Waals surface area contributed by atoms with Crippen molar-refractivity contribution >= 4 is 5.97 Å². The fourth-order valence-corrected chi connectivity index (χ4v) is 2.91. The van der Waals surface area contributed by atoms with Crippen LogP contribution in [0, 0.1) is 13.8 Å². The van der Waals surface area contributed by atoms with Crippen molar-refractivity contribution < 1.29 is 9.90 Å². The normalized spacial score (nSPS) is 16.9. The molecular weight excluding hydrogens is 202 g/mol. The maximum atomic E-state index is 10.8. The van der Waals surface area contributed by atoms with Crippen LogP contribution < -0.4 is 0 Å². The van der Waals surface area contributed by atoms with Gasteiger partial charge in [-0.1, -0.05) is 12.8 Å². The smallest absolute Gasteiger partial charge is 0.307 e. The molecule has 3 heteroatoms. The second kappa shape index (κ2) is 4.32. The highest BCUT2D eigenvalue weighted by molar-refractivity contribution is 5.70. The van der Waals surface area contributed by atoms with Gasteiger partial charge in [0.05, 0.1) is 6.42 Å². The van der Waals surface area contributed by atoms with Gasteiger partial charge in [0.2, 0.25) is 0 Å². The van der Waals surface area contributed by atoms with Gasteiger partial charge in [-0.3, -0.25) is 4.79 Å². The Morgan fingerprint density at radius 1 is 1.44 bits per heavy atom. The average Bonchev–Trinajstić information content (AvgIpc) is 2.76. The Hall–Kier alpha value is -1.25. The number of carbonyl (C=O) groups is 1. The lowest BCUT2D eigenvalue weighted by Crippen LogP contribution is -2.09. The molecule has 1 aliphatic rings. The van der Waals surface area contributed by atoms with E-state index in [1.54, 1.807) is 0 Å². The average molecular weight is 221 g/mol. The minimum atomic E-state index is -0.744. The molecule has 1 heterocycles. The number of carboxylic acids is 1. The molecule has 1 aliphatic carbocycles. The third kappa shape index (κ3) is 1.99. The molecule has 1 saturated carbocycles. The summed E-state index contributed by atoms with van der Waals surface area (Å²) in [5.74, 6) is -0.744. The Morgan fingerprint density at radius 2 is 2.06 bits per heavy atom. The molecule has 0 atom stereocenters. The number of hydrogen-bond donors (Lipinski definition) is 1. The zero-order valence-corrected chi connectivity index (χ0v) is 9.99. The van der Waals surface area contributed by atoms with Gasteiger partial charge >= 0.3 is 5.97 Å². The van der Waals surface area contributed by atoms with Gasteiger partial charge in [-0.2, -0.15) is 0 Å². The molecule has 0 aliphatic heterocycles. The van der Waals surface area contributed by atoms with Crippen LogP contribution in [-0.2, 0) is 11.2 Å². The van der Waals surface area contributed by atoms with Crippen molar-refractivity contribution in [2.24, 2.45) is 0 Å². The van der Waals surface area contributed by atoms with Crippen LogP contribution in [0.15, 0.2) is 6.07 Å². The summed E-state index contributed by atoms with van der Waals surface area (Å²) < 4.78 is 2.34. The van der Waals surface area contributed by atoms with E-state index in [-0.39, 0.29) is 6.42 Å². The first-order valence-electron chi connectivity index (χ1n) is 5.98. The van der Waals surface area contributed by atoms with Crippen LogP contribution >= 0.6 is 0 Å². The second-order valence-electron chi connectivity index (χ2n) is 4.78. The summed E-state index contributed by atoms with van der Waals surface area (Å²) in [5.41, 5.74) is 3.32. The third-order valence-electron chi connectivity index (χ3n) is 3.62. The van der Waals surface area contributed by atoms with Crippen LogP contribution in [0.1, 0.15) is 48.7 Å². The summed E-state index contributed by atoms with van der Waals surface area (Å²) in [4.78, 5) is 10.8. The summed E-state index contributed by atoms with van der Waals surface area (Å²) in [6, 6.07) is 2.63.